The maximum absolute atomic E-state index is 13.6. The first-order valence-corrected chi connectivity index (χ1v) is 10.7. The van der Waals surface area contributed by atoms with Crippen LogP contribution >= 0.6 is 11.6 Å². The molecule has 0 saturated heterocycles. The van der Waals surface area contributed by atoms with Crippen LogP contribution in [-0.4, -0.2) is 35.7 Å². The fourth-order valence-electron chi connectivity index (χ4n) is 3.60. The van der Waals surface area contributed by atoms with Crippen molar-refractivity contribution < 1.29 is 13.9 Å². The van der Waals surface area contributed by atoms with E-state index in [4.69, 9.17) is 26.5 Å². The molecule has 2 aromatic heterocycles. The minimum atomic E-state index is -0.745. The minimum Gasteiger partial charge on any atom is -0.449 e. The Labute approximate surface area is 189 Å². The number of rotatable bonds is 8. The Balaban J connectivity index is 2.17. The average Bonchev–Trinajstić information content (AvgIpc) is 3.07. The molecule has 0 saturated carbocycles. The summed E-state index contributed by atoms with van der Waals surface area (Å²) in [6.07, 6.45) is 0.435. The summed E-state index contributed by atoms with van der Waals surface area (Å²) in [6.45, 7) is 6.35. The molecule has 0 radical (unpaired) electrons. The maximum atomic E-state index is 13.6. The van der Waals surface area contributed by atoms with Gasteiger partial charge in [0.25, 0.3) is 11.5 Å². The highest BCUT2D eigenvalue weighted by Gasteiger charge is 2.29. The first-order chi connectivity index (χ1) is 15.2. The molecule has 0 aliphatic rings. The number of fused-ring (bicyclic) bond motifs is 1. The molecule has 3 rings (SSSR count). The van der Waals surface area contributed by atoms with Crippen molar-refractivity contribution >= 4 is 40.0 Å². The van der Waals surface area contributed by atoms with Gasteiger partial charge in [-0.2, -0.15) is 0 Å². The third kappa shape index (κ3) is 4.44. The summed E-state index contributed by atoms with van der Waals surface area (Å²) in [6, 6.07) is 5.24. The molecule has 0 fully saturated rings. The number of carbonyl (C=O) groups excluding carboxylic acids is 1. The third-order valence-corrected chi connectivity index (χ3v) is 5.41. The van der Waals surface area contributed by atoms with Crippen molar-refractivity contribution in [3.8, 4) is 0 Å². The number of amides is 1. The van der Waals surface area contributed by atoms with Gasteiger partial charge in [-0.3, -0.25) is 24.0 Å². The van der Waals surface area contributed by atoms with E-state index in [1.54, 1.807) is 32.2 Å². The molecule has 0 unspecified atom stereocenters. The van der Waals surface area contributed by atoms with E-state index in [2.05, 4.69) is 4.98 Å². The molecule has 9 nitrogen and oxygen atoms in total. The molecular formula is C22H27ClN4O5. The predicted molar refractivity (Wildman–Crippen MR) is 125 cm³/mol. The lowest BCUT2D eigenvalue weighted by Gasteiger charge is -2.24. The van der Waals surface area contributed by atoms with Crippen molar-refractivity contribution in [3.05, 3.63) is 55.4 Å². The Morgan fingerprint density at radius 2 is 2.06 bits per heavy atom. The van der Waals surface area contributed by atoms with Crippen molar-refractivity contribution in [2.45, 2.75) is 33.7 Å². The van der Waals surface area contributed by atoms with E-state index in [1.807, 2.05) is 13.8 Å². The molecule has 1 aromatic carbocycles. The Hall–Kier alpha value is -3.04. The number of nitrogens with one attached hydrogen (secondary N) is 1. The first-order valence-electron chi connectivity index (χ1n) is 10.3. The van der Waals surface area contributed by atoms with Gasteiger partial charge in [0.1, 0.15) is 5.82 Å². The van der Waals surface area contributed by atoms with Gasteiger partial charge in [0.2, 0.25) is 0 Å². The van der Waals surface area contributed by atoms with Crippen LogP contribution in [0.15, 0.2) is 32.2 Å². The number of benzene rings is 1. The van der Waals surface area contributed by atoms with Gasteiger partial charge in [0.15, 0.2) is 17.0 Å². The van der Waals surface area contributed by atoms with Crippen LogP contribution < -0.4 is 21.9 Å². The average molecular weight is 463 g/mol. The number of methoxy groups -OCH3 is 1. The zero-order valence-electron chi connectivity index (χ0n) is 18.5. The molecule has 0 spiro atoms. The highest BCUT2D eigenvalue weighted by molar-refractivity contribution is 6.35. The van der Waals surface area contributed by atoms with Crippen LogP contribution in [-0.2, 0) is 11.3 Å². The van der Waals surface area contributed by atoms with Crippen molar-refractivity contribution in [2.75, 3.05) is 30.9 Å². The van der Waals surface area contributed by atoms with E-state index < -0.39 is 17.2 Å². The number of nitrogen functional groups attached to an aromatic ring is 1. The van der Waals surface area contributed by atoms with E-state index in [0.29, 0.717) is 34.6 Å². The molecule has 1 amide bonds. The number of carbonyl (C=O) groups is 1. The Bertz CT molecular complexity index is 1260. The topological polar surface area (TPSA) is 124 Å². The molecule has 0 atom stereocenters. The van der Waals surface area contributed by atoms with Gasteiger partial charge in [-0.05, 0) is 25.3 Å². The van der Waals surface area contributed by atoms with Gasteiger partial charge in [0.05, 0.1) is 5.02 Å². The minimum absolute atomic E-state index is 0.0472. The molecule has 10 heteroatoms. The normalized spacial score (nSPS) is 11.4. The SMILES string of the molecule is COCCCN(C(=O)c1oc2c(Cl)cccc2c1C)c1c(N)n(CC(C)C)c(=O)[nH]c1=O. The monoisotopic (exact) mass is 462 g/mol. The summed E-state index contributed by atoms with van der Waals surface area (Å²) in [4.78, 5) is 42.3. The molecule has 3 N–H and O–H groups in total. The second kappa shape index (κ2) is 9.62. The molecule has 0 aliphatic carbocycles. The van der Waals surface area contributed by atoms with Crippen LogP contribution in [0, 0.1) is 12.8 Å². The standard InChI is InChI=1S/C22H27ClN4O5/c1-12(2)11-27-19(24)16(20(28)25-22(27)30)26(9-6-10-31-4)21(29)17-13(3)14-7-5-8-15(23)18(14)32-17/h5,7-8,12H,6,9-11,24H2,1-4H3,(H,25,28,30). The van der Waals surface area contributed by atoms with Crippen LogP contribution in [0.3, 0.4) is 0 Å². The summed E-state index contributed by atoms with van der Waals surface area (Å²) in [5.74, 6) is -0.500. The van der Waals surface area contributed by atoms with Crippen LogP contribution in [0.4, 0.5) is 11.5 Å². The number of ether oxygens (including phenoxy) is 1. The molecular weight excluding hydrogens is 436 g/mol. The van der Waals surface area contributed by atoms with Crippen LogP contribution in [0.2, 0.25) is 5.02 Å². The molecule has 0 bridgehead atoms. The molecule has 2 heterocycles. The van der Waals surface area contributed by atoms with Gasteiger partial charge in [-0.1, -0.05) is 37.6 Å². The van der Waals surface area contributed by atoms with Gasteiger partial charge >= 0.3 is 5.69 Å². The van der Waals surface area contributed by atoms with Crippen molar-refractivity contribution in [3.63, 3.8) is 0 Å². The van der Waals surface area contributed by atoms with E-state index in [0.717, 1.165) is 0 Å². The van der Waals surface area contributed by atoms with Crippen LogP contribution in [0.25, 0.3) is 11.0 Å². The number of aromatic amines is 1. The number of nitrogens with two attached hydrogens (primary N) is 1. The van der Waals surface area contributed by atoms with Gasteiger partial charge in [-0.25, -0.2) is 4.79 Å². The lowest BCUT2D eigenvalue weighted by Crippen LogP contribution is -2.42. The number of H-pyrrole nitrogens is 1. The summed E-state index contributed by atoms with van der Waals surface area (Å²) in [5.41, 5.74) is 5.77. The number of nitrogens with zero attached hydrogens (tertiary/aromatic N) is 2. The van der Waals surface area contributed by atoms with Gasteiger partial charge < -0.3 is 14.9 Å². The largest absolute Gasteiger partial charge is 0.449 e. The number of halogens is 1. The van der Waals surface area contributed by atoms with E-state index in [9.17, 15) is 14.4 Å². The summed E-state index contributed by atoms with van der Waals surface area (Å²) in [7, 11) is 1.54. The first kappa shape index (κ1) is 23.6. The zero-order chi connectivity index (χ0) is 23.6. The molecule has 32 heavy (non-hydrogen) atoms. The Morgan fingerprint density at radius 3 is 2.69 bits per heavy atom. The van der Waals surface area contributed by atoms with E-state index in [-0.39, 0.29) is 36.3 Å². The molecule has 172 valence electrons. The van der Waals surface area contributed by atoms with Crippen molar-refractivity contribution in [2.24, 2.45) is 5.92 Å². The lowest BCUT2D eigenvalue weighted by molar-refractivity contribution is 0.0958. The van der Waals surface area contributed by atoms with Crippen molar-refractivity contribution in [1.29, 1.82) is 0 Å². The smallest absolute Gasteiger partial charge is 0.330 e. The number of aryl methyl sites for hydroxylation is 1. The second-order valence-corrected chi connectivity index (χ2v) is 8.38. The second-order valence-electron chi connectivity index (χ2n) is 7.97. The van der Waals surface area contributed by atoms with E-state index >= 15 is 0 Å². The van der Waals surface area contributed by atoms with Crippen LogP contribution in [0.1, 0.15) is 36.4 Å². The van der Waals surface area contributed by atoms with Crippen molar-refractivity contribution in [1.82, 2.24) is 9.55 Å². The number of anilines is 2. The fourth-order valence-corrected chi connectivity index (χ4v) is 3.82. The zero-order valence-corrected chi connectivity index (χ0v) is 19.3. The third-order valence-electron chi connectivity index (χ3n) is 5.12. The van der Waals surface area contributed by atoms with Crippen LogP contribution in [0.5, 0.6) is 0 Å². The van der Waals surface area contributed by atoms with Gasteiger partial charge in [0, 0.05) is 37.8 Å². The number of aromatic nitrogens is 2. The molecule has 3 aromatic rings. The van der Waals surface area contributed by atoms with Gasteiger partial charge in [-0.15, -0.1) is 0 Å². The summed E-state index contributed by atoms with van der Waals surface area (Å²) >= 11 is 6.23. The quantitative estimate of drug-likeness (QED) is 0.495. The fraction of sp³-hybridized carbons (Fsp3) is 0.409. The number of hydrogen-bond acceptors (Lipinski definition) is 6. The summed E-state index contributed by atoms with van der Waals surface area (Å²) < 4.78 is 12.2. The number of hydrogen-bond donors (Lipinski definition) is 2. The maximum Gasteiger partial charge on any atom is 0.330 e. The number of furan rings is 1. The lowest BCUT2D eigenvalue weighted by atomic mass is 10.1. The predicted octanol–water partition coefficient (Wildman–Crippen LogP) is 3.17. The molecule has 0 aliphatic heterocycles. The number of para-hydroxylation sites is 1. The Kier molecular flexibility index (Phi) is 7.10. The Morgan fingerprint density at radius 1 is 1.34 bits per heavy atom. The highest BCUT2D eigenvalue weighted by Crippen LogP contribution is 2.32. The highest BCUT2D eigenvalue weighted by atomic mass is 35.5. The van der Waals surface area contributed by atoms with E-state index in [1.165, 1.54) is 9.47 Å². The summed E-state index contributed by atoms with van der Waals surface area (Å²) in [5, 5.41) is 1.07.